The lowest BCUT2D eigenvalue weighted by Crippen LogP contribution is -2.16. The minimum atomic E-state index is -0.468. The molecule has 1 unspecified atom stereocenters. The number of halogens is 3. The first-order valence-electron chi connectivity index (χ1n) is 8.58. The summed E-state index contributed by atoms with van der Waals surface area (Å²) >= 11 is 18.1. The molecule has 0 amide bonds. The summed E-state index contributed by atoms with van der Waals surface area (Å²) in [6.07, 6.45) is 0.135. The summed E-state index contributed by atoms with van der Waals surface area (Å²) < 4.78 is 0. The molecule has 0 aliphatic heterocycles. The van der Waals surface area contributed by atoms with Crippen LogP contribution in [-0.4, -0.2) is 10.7 Å². The molecule has 3 aromatic rings. The molecule has 1 N–H and O–H groups in total. The van der Waals surface area contributed by atoms with Gasteiger partial charge in [-0.15, -0.1) is 0 Å². The fourth-order valence-corrected chi connectivity index (χ4v) is 3.23. The molecule has 1 atom stereocenters. The lowest BCUT2D eigenvalue weighted by atomic mass is 9.97. The molecule has 0 bridgehead atoms. The summed E-state index contributed by atoms with van der Waals surface area (Å²) in [4.78, 5) is 23.2. The quantitative estimate of drug-likeness (QED) is 0.240. The highest BCUT2D eigenvalue weighted by molar-refractivity contribution is 6.42. The zero-order valence-corrected chi connectivity index (χ0v) is 17.2. The lowest BCUT2D eigenvalue weighted by Gasteiger charge is -2.20. The zero-order valence-electron chi connectivity index (χ0n) is 14.9. The maximum Gasteiger partial charge on any atom is 0.269 e. The number of anilines is 1. The number of rotatable bonds is 7. The fourth-order valence-electron chi connectivity index (χ4n) is 2.80. The van der Waals surface area contributed by atoms with Crippen molar-refractivity contribution in [1.29, 1.82) is 0 Å². The minimum Gasteiger partial charge on any atom is -0.378 e. The van der Waals surface area contributed by atoms with Crippen LogP contribution in [0.3, 0.4) is 0 Å². The number of ketones is 1. The molecule has 8 heteroatoms. The molecule has 148 valence electrons. The average Bonchev–Trinajstić information content (AvgIpc) is 2.70. The van der Waals surface area contributed by atoms with Crippen LogP contribution in [0, 0.1) is 10.1 Å². The van der Waals surface area contributed by atoms with Gasteiger partial charge in [-0.2, -0.15) is 0 Å². The van der Waals surface area contributed by atoms with Gasteiger partial charge in [0.1, 0.15) is 0 Å². The Morgan fingerprint density at radius 2 is 1.59 bits per heavy atom. The molecule has 5 nitrogen and oxygen atoms in total. The van der Waals surface area contributed by atoms with E-state index >= 15 is 0 Å². The van der Waals surface area contributed by atoms with E-state index in [1.807, 2.05) is 0 Å². The predicted molar refractivity (Wildman–Crippen MR) is 116 cm³/mol. The molecule has 0 saturated heterocycles. The van der Waals surface area contributed by atoms with Crippen molar-refractivity contribution in [3.8, 4) is 0 Å². The molecule has 0 aliphatic carbocycles. The Morgan fingerprint density at radius 3 is 2.17 bits per heavy atom. The van der Waals surface area contributed by atoms with Gasteiger partial charge in [-0.25, -0.2) is 0 Å². The van der Waals surface area contributed by atoms with E-state index < -0.39 is 11.0 Å². The summed E-state index contributed by atoms with van der Waals surface area (Å²) in [6.45, 7) is 0. The number of carbonyl (C=O) groups is 1. The highest BCUT2D eigenvalue weighted by Gasteiger charge is 2.19. The molecule has 0 radical (unpaired) electrons. The number of nitro groups is 1. The molecule has 0 spiro atoms. The maximum atomic E-state index is 12.8. The van der Waals surface area contributed by atoms with Gasteiger partial charge in [0.15, 0.2) is 5.78 Å². The van der Waals surface area contributed by atoms with E-state index in [4.69, 9.17) is 34.8 Å². The van der Waals surface area contributed by atoms with Crippen molar-refractivity contribution in [2.45, 2.75) is 12.5 Å². The van der Waals surface area contributed by atoms with Gasteiger partial charge >= 0.3 is 0 Å². The molecule has 0 fully saturated rings. The van der Waals surface area contributed by atoms with E-state index in [0.717, 1.165) is 5.56 Å². The van der Waals surface area contributed by atoms with E-state index in [-0.39, 0.29) is 17.9 Å². The topological polar surface area (TPSA) is 72.2 Å². The number of nitrogens with one attached hydrogen (secondary N) is 1. The van der Waals surface area contributed by atoms with Crippen LogP contribution in [0.1, 0.15) is 28.4 Å². The van der Waals surface area contributed by atoms with E-state index in [1.54, 1.807) is 54.6 Å². The van der Waals surface area contributed by atoms with Crippen molar-refractivity contribution in [3.05, 3.63) is 103 Å². The van der Waals surface area contributed by atoms with E-state index in [2.05, 4.69) is 5.32 Å². The van der Waals surface area contributed by atoms with Gasteiger partial charge in [-0.3, -0.25) is 14.9 Å². The summed E-state index contributed by atoms with van der Waals surface area (Å²) in [6, 6.07) is 17.4. The Bertz CT molecular complexity index is 1040. The Balaban J connectivity index is 1.88. The minimum absolute atomic E-state index is 0.0149. The SMILES string of the molecule is O=C(CC(Nc1ccc([N+](=O)[O-])cc1)c1ccc(Cl)c(Cl)c1)c1ccc(Cl)cc1. The van der Waals surface area contributed by atoms with Crippen molar-refractivity contribution in [3.63, 3.8) is 0 Å². The highest BCUT2D eigenvalue weighted by Crippen LogP contribution is 2.30. The molecule has 3 rings (SSSR count). The standard InChI is InChI=1S/C21H15Cl3N2O3/c22-15-4-1-13(2-5-15)21(27)12-20(14-3-10-18(23)19(24)11-14)25-16-6-8-17(9-7-16)26(28)29/h1-11,20,25H,12H2. The van der Waals surface area contributed by atoms with Crippen molar-refractivity contribution < 1.29 is 9.72 Å². The molecule has 0 aliphatic rings. The number of hydrogen-bond donors (Lipinski definition) is 1. The zero-order chi connectivity index (χ0) is 21.0. The third kappa shape index (κ3) is 5.48. The van der Waals surface area contributed by atoms with Crippen molar-refractivity contribution in [1.82, 2.24) is 0 Å². The van der Waals surface area contributed by atoms with Crippen LogP contribution < -0.4 is 5.32 Å². The van der Waals surface area contributed by atoms with Gasteiger partial charge in [-0.05, 0) is 54.1 Å². The normalized spacial score (nSPS) is 11.7. The molecule has 0 aromatic heterocycles. The lowest BCUT2D eigenvalue weighted by molar-refractivity contribution is -0.384. The molecule has 0 heterocycles. The number of nitrogens with zero attached hydrogens (tertiary/aromatic N) is 1. The fraction of sp³-hybridized carbons (Fsp3) is 0.0952. The number of benzene rings is 3. The summed E-state index contributed by atoms with van der Waals surface area (Å²) in [5.41, 5.74) is 1.92. The van der Waals surface area contributed by atoms with Gasteiger partial charge in [0, 0.05) is 34.8 Å². The van der Waals surface area contributed by atoms with Crippen LogP contribution in [0.4, 0.5) is 11.4 Å². The van der Waals surface area contributed by atoms with Crippen molar-refractivity contribution >= 4 is 52.0 Å². The first-order chi connectivity index (χ1) is 13.8. The van der Waals surface area contributed by atoms with Crippen LogP contribution >= 0.6 is 34.8 Å². The summed E-state index contributed by atoms with van der Waals surface area (Å²) in [7, 11) is 0. The van der Waals surface area contributed by atoms with Crippen LogP contribution in [0.5, 0.6) is 0 Å². The van der Waals surface area contributed by atoms with Crippen LogP contribution in [-0.2, 0) is 0 Å². The number of hydrogen-bond acceptors (Lipinski definition) is 4. The number of Topliss-reactive ketones (excluding diaryl/α,β-unsaturated/α-hetero) is 1. The van der Waals surface area contributed by atoms with Gasteiger partial charge < -0.3 is 5.32 Å². The second kappa shape index (κ2) is 9.27. The Kier molecular flexibility index (Phi) is 6.75. The first-order valence-corrected chi connectivity index (χ1v) is 9.71. The van der Waals surface area contributed by atoms with Crippen molar-refractivity contribution in [2.75, 3.05) is 5.32 Å². The van der Waals surface area contributed by atoms with E-state index in [1.165, 1.54) is 12.1 Å². The molecular weight excluding hydrogens is 435 g/mol. The van der Waals surface area contributed by atoms with E-state index in [9.17, 15) is 14.9 Å². The van der Waals surface area contributed by atoms with Gasteiger partial charge in [0.2, 0.25) is 0 Å². The van der Waals surface area contributed by atoms with Crippen LogP contribution in [0.15, 0.2) is 66.7 Å². The Morgan fingerprint density at radius 1 is 0.931 bits per heavy atom. The number of non-ortho nitro benzene ring substituents is 1. The van der Waals surface area contributed by atoms with Crippen molar-refractivity contribution in [2.24, 2.45) is 0 Å². The number of carbonyl (C=O) groups excluding carboxylic acids is 1. The largest absolute Gasteiger partial charge is 0.378 e. The molecule has 29 heavy (non-hydrogen) atoms. The van der Waals surface area contributed by atoms with Crippen LogP contribution in [0.2, 0.25) is 15.1 Å². The molecule has 0 saturated carbocycles. The maximum absolute atomic E-state index is 12.8. The van der Waals surface area contributed by atoms with Crippen LogP contribution in [0.25, 0.3) is 0 Å². The Labute approximate surface area is 182 Å². The number of nitro benzene ring substituents is 1. The Hall–Kier alpha value is -2.60. The van der Waals surface area contributed by atoms with Gasteiger partial charge in [0.25, 0.3) is 5.69 Å². The smallest absolute Gasteiger partial charge is 0.269 e. The summed E-state index contributed by atoms with van der Waals surface area (Å²) in [5, 5.41) is 15.4. The summed E-state index contributed by atoms with van der Waals surface area (Å²) in [5.74, 6) is -0.0906. The third-order valence-corrected chi connectivity index (χ3v) is 5.31. The van der Waals surface area contributed by atoms with Gasteiger partial charge in [-0.1, -0.05) is 40.9 Å². The second-order valence-corrected chi connectivity index (χ2v) is 7.56. The average molecular weight is 450 g/mol. The van der Waals surface area contributed by atoms with Gasteiger partial charge in [0.05, 0.1) is 21.0 Å². The molecule has 3 aromatic carbocycles. The highest BCUT2D eigenvalue weighted by atomic mass is 35.5. The monoisotopic (exact) mass is 448 g/mol. The van der Waals surface area contributed by atoms with E-state index in [0.29, 0.717) is 26.3 Å². The molecular formula is C21H15Cl3N2O3. The first kappa shape index (κ1) is 21.1. The second-order valence-electron chi connectivity index (χ2n) is 6.31. The predicted octanol–water partition coefficient (Wildman–Crippen LogP) is 6.98. The third-order valence-electron chi connectivity index (χ3n) is 4.32.